The van der Waals surface area contributed by atoms with Crippen LogP contribution < -0.4 is 0 Å². The molecule has 1 aromatic rings. The average Bonchev–Trinajstić information content (AvgIpc) is 3.12. The minimum Gasteiger partial charge on any atom is -0.457 e. The molecule has 0 unspecified atom stereocenters. The Morgan fingerprint density at radius 2 is 1.92 bits per heavy atom. The van der Waals surface area contributed by atoms with E-state index in [4.69, 9.17) is 14.2 Å². The van der Waals surface area contributed by atoms with Crippen molar-refractivity contribution in [2.75, 3.05) is 7.11 Å². The fraction of sp³-hybridized carbons (Fsp3) is 0.474. The summed E-state index contributed by atoms with van der Waals surface area (Å²) >= 11 is 0. The molecule has 0 spiro atoms. The predicted octanol–water partition coefficient (Wildman–Crippen LogP) is 2.70. The minimum absolute atomic E-state index is 0.0399. The Bertz CT molecular complexity index is 649. The van der Waals surface area contributed by atoms with E-state index < -0.39 is 18.2 Å². The van der Waals surface area contributed by atoms with Crippen LogP contribution in [0, 0.1) is 23.7 Å². The standard InChI is InChI=1S/C19H22O5/c1-11(2)13-9-14(16-15(13)18(21)24-19(16)22-3)17(20)23-10-12-7-5-4-6-8-12/h4-9,11,13,15-16,19H,10H2,1-3H3/t13-,15+,16-,19-/m1/s1. The van der Waals surface area contributed by atoms with Crippen LogP contribution >= 0.6 is 0 Å². The van der Waals surface area contributed by atoms with E-state index in [-0.39, 0.29) is 30.3 Å². The molecule has 1 aromatic carbocycles. The van der Waals surface area contributed by atoms with E-state index in [0.29, 0.717) is 5.57 Å². The van der Waals surface area contributed by atoms with Crippen molar-refractivity contribution in [2.45, 2.75) is 26.7 Å². The summed E-state index contributed by atoms with van der Waals surface area (Å²) in [6.07, 6.45) is 1.15. The number of carbonyl (C=O) groups is 2. The molecule has 1 saturated heterocycles. The van der Waals surface area contributed by atoms with Crippen LogP contribution in [-0.4, -0.2) is 25.3 Å². The lowest BCUT2D eigenvalue weighted by Crippen LogP contribution is -2.27. The first-order chi connectivity index (χ1) is 11.5. The Morgan fingerprint density at radius 3 is 2.54 bits per heavy atom. The zero-order valence-corrected chi connectivity index (χ0v) is 14.1. The molecule has 0 N–H and O–H groups in total. The van der Waals surface area contributed by atoms with Crippen molar-refractivity contribution in [2.24, 2.45) is 23.7 Å². The number of rotatable bonds is 5. The van der Waals surface area contributed by atoms with E-state index in [2.05, 4.69) is 0 Å². The highest BCUT2D eigenvalue weighted by molar-refractivity contribution is 5.93. The quantitative estimate of drug-likeness (QED) is 0.777. The molecule has 1 fully saturated rings. The van der Waals surface area contributed by atoms with Gasteiger partial charge in [0.2, 0.25) is 6.29 Å². The molecule has 128 valence electrons. The van der Waals surface area contributed by atoms with E-state index in [0.717, 1.165) is 5.56 Å². The molecular formula is C19H22O5. The van der Waals surface area contributed by atoms with E-state index in [1.54, 1.807) is 0 Å². The van der Waals surface area contributed by atoms with Gasteiger partial charge in [-0.3, -0.25) is 4.79 Å². The Kier molecular flexibility index (Phi) is 4.71. The summed E-state index contributed by atoms with van der Waals surface area (Å²) in [5, 5.41) is 0. The van der Waals surface area contributed by atoms with Gasteiger partial charge in [-0.05, 0) is 17.4 Å². The lowest BCUT2D eigenvalue weighted by molar-refractivity contribution is -0.163. The summed E-state index contributed by atoms with van der Waals surface area (Å²) in [5.41, 5.74) is 1.41. The van der Waals surface area contributed by atoms with Gasteiger partial charge in [-0.2, -0.15) is 0 Å². The molecule has 2 aliphatic rings. The van der Waals surface area contributed by atoms with Crippen molar-refractivity contribution < 1.29 is 23.8 Å². The van der Waals surface area contributed by atoms with E-state index in [1.165, 1.54) is 7.11 Å². The lowest BCUT2D eigenvalue weighted by Gasteiger charge is -2.19. The molecule has 4 atom stereocenters. The molecule has 0 bridgehead atoms. The number of ether oxygens (including phenoxy) is 3. The number of cyclic esters (lactones) is 1. The Hall–Kier alpha value is -2.14. The molecular weight excluding hydrogens is 308 g/mol. The number of carbonyl (C=O) groups excluding carboxylic acids is 2. The molecule has 24 heavy (non-hydrogen) atoms. The van der Waals surface area contributed by atoms with Gasteiger partial charge >= 0.3 is 11.9 Å². The SMILES string of the molecule is CO[C@@H]1OC(=O)[C@@H]2[C@H]1C(C(=O)OCc1ccccc1)=C[C@@H]2C(C)C. The lowest BCUT2D eigenvalue weighted by atomic mass is 9.82. The van der Waals surface area contributed by atoms with Gasteiger partial charge in [0.15, 0.2) is 0 Å². The third-order valence-corrected chi connectivity index (χ3v) is 4.78. The molecule has 0 aromatic heterocycles. The van der Waals surface area contributed by atoms with Crippen LogP contribution in [0.1, 0.15) is 19.4 Å². The molecule has 5 heteroatoms. The van der Waals surface area contributed by atoms with Crippen LogP contribution in [0.3, 0.4) is 0 Å². The van der Waals surface area contributed by atoms with Gasteiger partial charge in [0.1, 0.15) is 6.61 Å². The zero-order valence-electron chi connectivity index (χ0n) is 14.1. The van der Waals surface area contributed by atoms with E-state index >= 15 is 0 Å². The van der Waals surface area contributed by atoms with E-state index in [1.807, 2.05) is 50.3 Å². The van der Waals surface area contributed by atoms with Gasteiger partial charge < -0.3 is 14.2 Å². The van der Waals surface area contributed by atoms with Gasteiger partial charge in [-0.15, -0.1) is 0 Å². The largest absolute Gasteiger partial charge is 0.457 e. The number of allylic oxidation sites excluding steroid dienone is 1. The highest BCUT2D eigenvalue weighted by atomic mass is 16.7. The van der Waals surface area contributed by atoms with Gasteiger partial charge in [0, 0.05) is 12.7 Å². The van der Waals surface area contributed by atoms with Crippen molar-refractivity contribution in [3.05, 3.63) is 47.5 Å². The summed E-state index contributed by atoms with van der Waals surface area (Å²) in [5.74, 6) is -1.28. The summed E-state index contributed by atoms with van der Waals surface area (Å²) < 4.78 is 16.0. The monoisotopic (exact) mass is 330 g/mol. The van der Waals surface area contributed by atoms with Crippen LogP contribution in [0.5, 0.6) is 0 Å². The summed E-state index contributed by atoms with van der Waals surface area (Å²) in [4.78, 5) is 24.8. The van der Waals surface area contributed by atoms with Gasteiger partial charge in [0.25, 0.3) is 0 Å². The molecule has 0 amide bonds. The van der Waals surface area contributed by atoms with Crippen molar-refractivity contribution in [3.8, 4) is 0 Å². The van der Waals surface area contributed by atoms with Gasteiger partial charge in [0.05, 0.1) is 11.8 Å². The van der Waals surface area contributed by atoms with Crippen molar-refractivity contribution >= 4 is 11.9 Å². The van der Waals surface area contributed by atoms with Crippen LogP contribution in [-0.2, 0) is 30.4 Å². The molecule has 0 radical (unpaired) electrons. The molecule has 1 aliphatic carbocycles. The maximum atomic E-state index is 12.6. The fourth-order valence-electron chi connectivity index (χ4n) is 3.55. The van der Waals surface area contributed by atoms with Crippen LogP contribution in [0.4, 0.5) is 0 Å². The van der Waals surface area contributed by atoms with Gasteiger partial charge in [-0.25, -0.2) is 4.79 Å². The second-order valence-electron chi connectivity index (χ2n) is 6.60. The van der Waals surface area contributed by atoms with Crippen molar-refractivity contribution in [3.63, 3.8) is 0 Å². The van der Waals surface area contributed by atoms with Gasteiger partial charge in [-0.1, -0.05) is 50.3 Å². The first-order valence-electron chi connectivity index (χ1n) is 8.19. The normalized spacial score (nSPS) is 28.5. The number of methoxy groups -OCH3 is 1. The molecule has 5 nitrogen and oxygen atoms in total. The third-order valence-electron chi connectivity index (χ3n) is 4.78. The number of fused-ring (bicyclic) bond motifs is 1. The maximum Gasteiger partial charge on any atom is 0.334 e. The van der Waals surface area contributed by atoms with Crippen LogP contribution in [0.25, 0.3) is 0 Å². The zero-order chi connectivity index (χ0) is 17.3. The molecule has 1 aliphatic heterocycles. The highest BCUT2D eigenvalue weighted by Gasteiger charge is 2.56. The third kappa shape index (κ3) is 2.96. The Balaban J connectivity index is 1.78. The second kappa shape index (κ2) is 6.77. The molecule has 3 rings (SSSR count). The Labute approximate surface area is 141 Å². The molecule has 0 saturated carbocycles. The Morgan fingerprint density at radius 1 is 1.21 bits per heavy atom. The molecule has 1 heterocycles. The van der Waals surface area contributed by atoms with E-state index in [9.17, 15) is 9.59 Å². The minimum atomic E-state index is -0.721. The van der Waals surface area contributed by atoms with Crippen LogP contribution in [0.15, 0.2) is 42.0 Å². The van der Waals surface area contributed by atoms with Crippen molar-refractivity contribution in [1.82, 2.24) is 0 Å². The smallest absolute Gasteiger partial charge is 0.334 e. The predicted molar refractivity (Wildman–Crippen MR) is 86.5 cm³/mol. The first kappa shape index (κ1) is 16.7. The number of hydrogen-bond acceptors (Lipinski definition) is 5. The first-order valence-corrected chi connectivity index (χ1v) is 8.19. The maximum absolute atomic E-state index is 12.6. The average molecular weight is 330 g/mol. The summed E-state index contributed by atoms with van der Waals surface area (Å²) in [6.45, 7) is 4.26. The summed E-state index contributed by atoms with van der Waals surface area (Å²) in [6, 6.07) is 9.50. The van der Waals surface area contributed by atoms with Crippen molar-refractivity contribution in [1.29, 1.82) is 0 Å². The summed E-state index contributed by atoms with van der Waals surface area (Å²) in [7, 11) is 1.48. The number of benzene rings is 1. The van der Waals surface area contributed by atoms with Crippen LogP contribution in [0.2, 0.25) is 0 Å². The second-order valence-corrected chi connectivity index (χ2v) is 6.60. The number of esters is 2. The fourth-order valence-corrected chi connectivity index (χ4v) is 3.55. The number of hydrogen-bond donors (Lipinski definition) is 0. The highest BCUT2D eigenvalue weighted by Crippen LogP contribution is 2.48. The topological polar surface area (TPSA) is 61.8 Å².